The van der Waals surface area contributed by atoms with E-state index >= 15 is 0 Å². The lowest BCUT2D eigenvalue weighted by Crippen LogP contribution is -2.50. The molecule has 0 aromatic heterocycles. The zero-order valence-electron chi connectivity index (χ0n) is 18.5. The van der Waals surface area contributed by atoms with Crippen LogP contribution in [0, 0.1) is 0 Å². The van der Waals surface area contributed by atoms with Gasteiger partial charge in [-0.3, -0.25) is 4.90 Å². The molecule has 2 aromatic rings. The van der Waals surface area contributed by atoms with E-state index in [0.717, 1.165) is 26.1 Å². The van der Waals surface area contributed by atoms with E-state index in [-0.39, 0.29) is 17.0 Å². The normalized spacial score (nSPS) is 15.5. The lowest BCUT2D eigenvalue weighted by molar-refractivity contribution is 0.148. The Labute approximate surface area is 185 Å². The van der Waals surface area contributed by atoms with E-state index in [0.29, 0.717) is 18.8 Å². The monoisotopic (exact) mass is 444 g/mol. The van der Waals surface area contributed by atoms with Gasteiger partial charge in [0.25, 0.3) is 0 Å². The summed E-state index contributed by atoms with van der Waals surface area (Å²) in [7, 11) is -1.97. The molecule has 31 heavy (non-hydrogen) atoms. The molecule has 168 valence electrons. The minimum Gasteiger partial charge on any atom is -0.322 e. The van der Waals surface area contributed by atoms with Gasteiger partial charge in [0.2, 0.25) is 10.0 Å². The largest absolute Gasteiger partial charge is 0.322 e. The van der Waals surface area contributed by atoms with Crippen LogP contribution in [0.25, 0.3) is 0 Å². The number of amides is 2. The number of piperazine rings is 1. The summed E-state index contributed by atoms with van der Waals surface area (Å²) in [5, 5.41) is 2.88. The van der Waals surface area contributed by atoms with E-state index in [9.17, 15) is 13.2 Å². The highest BCUT2D eigenvalue weighted by molar-refractivity contribution is 7.89. The van der Waals surface area contributed by atoms with Crippen molar-refractivity contribution in [2.24, 2.45) is 0 Å². The fraction of sp³-hybridized carbons (Fsp3) is 0.435. The second-order valence-corrected chi connectivity index (χ2v) is 10.1. The van der Waals surface area contributed by atoms with Crippen molar-refractivity contribution in [2.45, 2.75) is 31.2 Å². The molecule has 0 saturated carbocycles. The van der Waals surface area contributed by atoms with E-state index < -0.39 is 10.0 Å². The first-order valence-electron chi connectivity index (χ1n) is 10.7. The zero-order chi connectivity index (χ0) is 22.4. The number of rotatable bonds is 7. The summed E-state index contributed by atoms with van der Waals surface area (Å²) < 4.78 is 26.4. The lowest BCUT2D eigenvalue weighted by atomic mass is 10.1. The first kappa shape index (κ1) is 23.2. The van der Waals surface area contributed by atoms with Crippen molar-refractivity contribution in [3.05, 3.63) is 60.2 Å². The number of benzene rings is 2. The van der Waals surface area contributed by atoms with Crippen LogP contribution in [-0.4, -0.2) is 74.4 Å². The van der Waals surface area contributed by atoms with Gasteiger partial charge in [-0.25, -0.2) is 13.2 Å². The average Bonchev–Trinajstić information content (AvgIpc) is 2.78. The van der Waals surface area contributed by atoms with Crippen molar-refractivity contribution >= 4 is 21.7 Å². The minimum atomic E-state index is -3.53. The Morgan fingerprint density at radius 2 is 1.61 bits per heavy atom. The summed E-state index contributed by atoms with van der Waals surface area (Å²) >= 11 is 0. The molecule has 1 heterocycles. The molecule has 3 rings (SSSR count). The third kappa shape index (κ3) is 6.06. The van der Waals surface area contributed by atoms with Crippen molar-refractivity contribution in [1.82, 2.24) is 14.1 Å². The molecule has 7 nitrogen and oxygen atoms in total. The molecular formula is C23H32N4O3S. The number of carbonyl (C=O) groups excluding carboxylic acids is 1. The number of anilines is 1. The fourth-order valence-corrected chi connectivity index (χ4v) is 4.83. The van der Waals surface area contributed by atoms with Crippen LogP contribution in [0.2, 0.25) is 0 Å². The van der Waals surface area contributed by atoms with Crippen molar-refractivity contribution in [3.8, 4) is 0 Å². The number of carbonyl (C=O) groups is 1. The summed E-state index contributed by atoms with van der Waals surface area (Å²) in [6.07, 6.45) is 1.01. The molecule has 8 heteroatoms. The van der Waals surface area contributed by atoms with Gasteiger partial charge < -0.3 is 10.2 Å². The van der Waals surface area contributed by atoms with Gasteiger partial charge in [-0.2, -0.15) is 4.31 Å². The van der Waals surface area contributed by atoms with Crippen molar-refractivity contribution in [2.75, 3.05) is 45.1 Å². The van der Waals surface area contributed by atoms with Crippen LogP contribution in [-0.2, 0) is 16.4 Å². The Morgan fingerprint density at radius 1 is 1.00 bits per heavy atom. The second-order valence-electron chi connectivity index (χ2n) is 8.13. The van der Waals surface area contributed by atoms with Crippen LogP contribution >= 0.6 is 0 Å². The van der Waals surface area contributed by atoms with Crippen LogP contribution in [0.3, 0.4) is 0 Å². The number of nitrogens with one attached hydrogen (secondary N) is 1. The summed E-state index contributed by atoms with van der Waals surface area (Å²) in [6, 6.07) is 16.5. The molecule has 0 atom stereocenters. The molecule has 1 fully saturated rings. The Bertz CT molecular complexity index is 954. The number of hydrogen-bond donors (Lipinski definition) is 1. The van der Waals surface area contributed by atoms with Gasteiger partial charge in [-0.15, -0.1) is 0 Å². The van der Waals surface area contributed by atoms with Gasteiger partial charge in [0.05, 0.1) is 4.90 Å². The van der Waals surface area contributed by atoms with Gasteiger partial charge in [-0.05, 0) is 50.1 Å². The van der Waals surface area contributed by atoms with Gasteiger partial charge in [0, 0.05) is 51.5 Å². The molecule has 2 amide bonds. The van der Waals surface area contributed by atoms with Crippen molar-refractivity contribution in [1.29, 1.82) is 0 Å². The molecule has 0 aliphatic carbocycles. The number of urea groups is 1. The van der Waals surface area contributed by atoms with Gasteiger partial charge >= 0.3 is 6.03 Å². The van der Waals surface area contributed by atoms with E-state index in [4.69, 9.17) is 0 Å². The number of nitrogens with zero attached hydrogens (tertiary/aromatic N) is 3. The van der Waals surface area contributed by atoms with Crippen molar-refractivity contribution in [3.63, 3.8) is 0 Å². The Hall–Kier alpha value is -2.42. The molecule has 1 aliphatic heterocycles. The van der Waals surface area contributed by atoms with Crippen LogP contribution in [0.1, 0.15) is 19.4 Å². The summed E-state index contributed by atoms with van der Waals surface area (Å²) in [5.41, 5.74) is 1.91. The summed E-state index contributed by atoms with van der Waals surface area (Å²) in [5.74, 6) is 0. The average molecular weight is 445 g/mol. The second kappa shape index (κ2) is 10.3. The lowest BCUT2D eigenvalue weighted by Gasteiger charge is -2.34. The number of sulfonamides is 1. The highest BCUT2D eigenvalue weighted by atomic mass is 32.2. The van der Waals surface area contributed by atoms with Crippen LogP contribution in [0.15, 0.2) is 59.5 Å². The first-order valence-corrected chi connectivity index (χ1v) is 12.1. The van der Waals surface area contributed by atoms with E-state index in [1.54, 1.807) is 24.1 Å². The Kier molecular flexibility index (Phi) is 7.69. The van der Waals surface area contributed by atoms with E-state index in [1.165, 1.54) is 22.0 Å². The fourth-order valence-electron chi connectivity index (χ4n) is 3.46. The number of hydrogen-bond acceptors (Lipinski definition) is 4. The maximum Gasteiger partial charge on any atom is 0.321 e. The molecule has 2 aromatic carbocycles. The maximum atomic E-state index is 12.6. The van der Waals surface area contributed by atoms with Crippen molar-refractivity contribution < 1.29 is 13.2 Å². The van der Waals surface area contributed by atoms with E-state index in [1.807, 2.05) is 19.9 Å². The molecule has 0 spiro atoms. The molecule has 0 radical (unpaired) electrons. The molecule has 1 N–H and O–H groups in total. The highest BCUT2D eigenvalue weighted by Crippen LogP contribution is 2.19. The topological polar surface area (TPSA) is 73.0 Å². The van der Waals surface area contributed by atoms with Gasteiger partial charge in [0.1, 0.15) is 0 Å². The molecule has 1 saturated heterocycles. The smallest absolute Gasteiger partial charge is 0.321 e. The minimum absolute atomic E-state index is 0.129. The maximum absolute atomic E-state index is 12.6. The SMILES string of the molecule is CC(C)N(C)S(=O)(=O)c1ccc(NC(=O)N2CCN(CCc3ccccc3)CC2)cc1. The predicted octanol–water partition coefficient (Wildman–Crippen LogP) is 3.11. The summed E-state index contributed by atoms with van der Waals surface area (Å²) in [4.78, 5) is 17.0. The third-order valence-corrected chi connectivity index (χ3v) is 7.78. The molecule has 0 unspecified atom stereocenters. The zero-order valence-corrected chi connectivity index (χ0v) is 19.3. The summed E-state index contributed by atoms with van der Waals surface area (Å²) in [6.45, 7) is 7.68. The van der Waals surface area contributed by atoms with Crippen LogP contribution < -0.4 is 5.32 Å². The van der Waals surface area contributed by atoms with Crippen LogP contribution in [0.4, 0.5) is 10.5 Å². The molecular weight excluding hydrogens is 412 g/mol. The predicted molar refractivity (Wildman–Crippen MR) is 124 cm³/mol. The Balaban J connectivity index is 1.48. The third-order valence-electron chi connectivity index (χ3n) is 5.73. The van der Waals surface area contributed by atoms with Crippen LogP contribution in [0.5, 0.6) is 0 Å². The Morgan fingerprint density at radius 3 is 2.19 bits per heavy atom. The molecule has 1 aliphatic rings. The van der Waals surface area contributed by atoms with Gasteiger partial charge in [0.15, 0.2) is 0 Å². The molecule has 0 bridgehead atoms. The quantitative estimate of drug-likeness (QED) is 0.712. The highest BCUT2D eigenvalue weighted by Gasteiger charge is 2.24. The first-order chi connectivity index (χ1) is 14.8. The van der Waals surface area contributed by atoms with E-state index in [2.05, 4.69) is 34.5 Å². The standard InChI is InChI=1S/C23H32N4O3S/c1-19(2)25(3)31(29,30)22-11-9-21(10-12-22)24-23(28)27-17-15-26(16-18-27)14-13-20-7-5-4-6-8-20/h4-12,19H,13-18H2,1-3H3,(H,24,28). The van der Waals surface area contributed by atoms with Gasteiger partial charge in [-0.1, -0.05) is 30.3 Å².